The lowest BCUT2D eigenvalue weighted by Gasteiger charge is -2.22. The second-order valence-corrected chi connectivity index (χ2v) is 7.34. The van der Waals surface area contributed by atoms with Gasteiger partial charge in [-0.1, -0.05) is 24.3 Å². The van der Waals surface area contributed by atoms with Gasteiger partial charge < -0.3 is 16.0 Å². The lowest BCUT2D eigenvalue weighted by molar-refractivity contribution is -0.118. The van der Waals surface area contributed by atoms with E-state index in [2.05, 4.69) is 17.4 Å². The summed E-state index contributed by atoms with van der Waals surface area (Å²) < 4.78 is 0. The van der Waals surface area contributed by atoms with E-state index in [1.54, 1.807) is 0 Å². The van der Waals surface area contributed by atoms with Gasteiger partial charge in [-0.3, -0.25) is 4.79 Å². The Morgan fingerprint density at radius 3 is 2.76 bits per heavy atom. The Morgan fingerprint density at radius 2 is 1.92 bits per heavy atom. The summed E-state index contributed by atoms with van der Waals surface area (Å²) in [6.45, 7) is 2.39. The van der Waals surface area contributed by atoms with Gasteiger partial charge >= 0.3 is 0 Å². The van der Waals surface area contributed by atoms with Crippen LogP contribution in [0, 0.1) is 0 Å². The zero-order valence-electron chi connectivity index (χ0n) is 14.4. The lowest BCUT2D eigenvalue weighted by atomic mass is 10.1. The van der Waals surface area contributed by atoms with Gasteiger partial charge in [-0.2, -0.15) is 0 Å². The Bertz CT molecular complexity index is 702. The molecule has 1 heterocycles. The van der Waals surface area contributed by atoms with Crippen LogP contribution >= 0.6 is 11.8 Å². The summed E-state index contributed by atoms with van der Waals surface area (Å²) in [6.07, 6.45) is 2.51. The third-order valence-corrected chi connectivity index (χ3v) is 5.48. The number of hydrogen-bond donors (Lipinski definition) is 2. The number of carbonyl (C=O) groups is 1. The minimum absolute atomic E-state index is 0.204. The summed E-state index contributed by atoms with van der Waals surface area (Å²) in [5, 5.41) is 3.37. The van der Waals surface area contributed by atoms with Crippen molar-refractivity contribution in [2.75, 3.05) is 36.0 Å². The molecule has 0 aliphatic carbocycles. The summed E-state index contributed by atoms with van der Waals surface area (Å²) >= 11 is 1.84. The van der Waals surface area contributed by atoms with Crippen LogP contribution < -0.4 is 16.0 Å². The molecule has 0 saturated carbocycles. The van der Waals surface area contributed by atoms with Crippen LogP contribution in [0.25, 0.3) is 0 Å². The number of thioether (sulfide) groups is 1. The van der Waals surface area contributed by atoms with Crippen LogP contribution in [-0.4, -0.2) is 31.3 Å². The molecule has 0 fully saturated rings. The van der Waals surface area contributed by atoms with Crippen molar-refractivity contribution < 1.29 is 4.79 Å². The van der Waals surface area contributed by atoms with E-state index in [0.29, 0.717) is 13.0 Å². The van der Waals surface area contributed by atoms with Gasteiger partial charge in [0.1, 0.15) is 0 Å². The largest absolute Gasteiger partial charge is 0.399 e. The Morgan fingerprint density at radius 1 is 1.12 bits per heavy atom. The topological polar surface area (TPSA) is 58.4 Å². The summed E-state index contributed by atoms with van der Waals surface area (Å²) in [4.78, 5) is 15.8. The molecule has 1 aliphatic heterocycles. The Labute approximate surface area is 153 Å². The highest BCUT2D eigenvalue weighted by Crippen LogP contribution is 2.33. The normalized spacial score (nSPS) is 14.0. The molecule has 3 N–H and O–H groups in total. The minimum atomic E-state index is 0.204. The van der Waals surface area contributed by atoms with Gasteiger partial charge in [-0.15, -0.1) is 11.8 Å². The molecule has 0 aromatic heterocycles. The van der Waals surface area contributed by atoms with Crippen LogP contribution in [-0.2, 0) is 11.2 Å². The molecule has 1 aliphatic rings. The fourth-order valence-corrected chi connectivity index (χ4v) is 3.95. The third kappa shape index (κ3) is 5.00. The molecule has 132 valence electrons. The van der Waals surface area contributed by atoms with Gasteiger partial charge in [-0.25, -0.2) is 0 Å². The Hall–Kier alpha value is -1.98. The molecule has 0 unspecified atom stereocenters. The summed E-state index contributed by atoms with van der Waals surface area (Å²) in [5.41, 5.74) is 8.81. The summed E-state index contributed by atoms with van der Waals surface area (Å²) in [7, 11) is 0. The summed E-state index contributed by atoms with van der Waals surface area (Å²) in [5.74, 6) is 1.27. The van der Waals surface area contributed by atoms with Crippen LogP contribution in [0.1, 0.15) is 18.4 Å². The number of carbonyl (C=O) groups excluding carboxylic acids is 1. The van der Waals surface area contributed by atoms with Gasteiger partial charge in [0.05, 0.1) is 5.69 Å². The lowest BCUT2D eigenvalue weighted by Crippen LogP contribution is -2.34. The first-order valence-electron chi connectivity index (χ1n) is 8.81. The average molecular weight is 356 g/mol. The predicted octanol–water partition coefficient (Wildman–Crippen LogP) is 3.32. The van der Waals surface area contributed by atoms with Crippen molar-refractivity contribution in [1.82, 2.24) is 5.32 Å². The maximum absolute atomic E-state index is 12.6. The molecule has 2 aromatic rings. The molecule has 0 bridgehead atoms. The highest BCUT2D eigenvalue weighted by atomic mass is 32.2. The van der Waals surface area contributed by atoms with Gasteiger partial charge in [0, 0.05) is 30.1 Å². The van der Waals surface area contributed by atoms with E-state index < -0.39 is 0 Å². The van der Waals surface area contributed by atoms with Gasteiger partial charge in [-0.05, 0) is 55.0 Å². The molecular formula is C20H25N3OS. The van der Waals surface area contributed by atoms with Crippen LogP contribution in [0.4, 0.5) is 11.4 Å². The van der Waals surface area contributed by atoms with E-state index in [4.69, 9.17) is 5.73 Å². The molecule has 25 heavy (non-hydrogen) atoms. The molecule has 0 spiro atoms. The number of rotatable bonds is 6. The number of anilines is 2. The van der Waals surface area contributed by atoms with Gasteiger partial charge in [0.15, 0.2) is 0 Å². The van der Waals surface area contributed by atoms with Crippen molar-refractivity contribution in [1.29, 1.82) is 0 Å². The first-order valence-corrected chi connectivity index (χ1v) is 9.80. The number of hydrogen-bond acceptors (Lipinski definition) is 4. The number of nitrogens with one attached hydrogen (secondary N) is 1. The quantitative estimate of drug-likeness (QED) is 0.616. The standard InChI is InChI=1S/C20H25N3OS/c21-17-8-6-16(7-9-17)10-12-22-13-11-20(24)23-14-3-15-25-19-5-2-1-4-18(19)23/h1-2,4-9,22H,3,10-15,21H2. The fourth-order valence-electron chi connectivity index (χ4n) is 2.96. The molecule has 4 nitrogen and oxygen atoms in total. The van der Waals surface area contributed by atoms with Crippen molar-refractivity contribution in [2.45, 2.75) is 24.2 Å². The molecular weight excluding hydrogens is 330 g/mol. The van der Waals surface area contributed by atoms with Crippen LogP contribution in [0.3, 0.4) is 0 Å². The number of nitrogens with zero attached hydrogens (tertiary/aromatic N) is 1. The van der Waals surface area contributed by atoms with E-state index >= 15 is 0 Å². The van der Waals surface area contributed by atoms with Crippen molar-refractivity contribution in [3.05, 3.63) is 54.1 Å². The first kappa shape index (κ1) is 17.8. The Balaban J connectivity index is 1.45. The zero-order chi connectivity index (χ0) is 17.5. The predicted molar refractivity (Wildman–Crippen MR) is 106 cm³/mol. The number of fused-ring (bicyclic) bond motifs is 1. The van der Waals surface area contributed by atoms with Gasteiger partial charge in [0.2, 0.25) is 5.91 Å². The highest BCUT2D eigenvalue weighted by molar-refractivity contribution is 7.99. The molecule has 1 amide bonds. The number of benzene rings is 2. The van der Waals surface area contributed by atoms with Crippen molar-refractivity contribution in [3.63, 3.8) is 0 Å². The molecule has 0 radical (unpaired) electrons. The van der Waals surface area contributed by atoms with E-state index in [-0.39, 0.29) is 5.91 Å². The molecule has 0 atom stereocenters. The van der Waals surface area contributed by atoms with E-state index in [1.165, 1.54) is 10.5 Å². The van der Waals surface area contributed by atoms with Crippen LogP contribution in [0.5, 0.6) is 0 Å². The van der Waals surface area contributed by atoms with Crippen molar-refractivity contribution in [3.8, 4) is 0 Å². The number of para-hydroxylation sites is 1. The SMILES string of the molecule is Nc1ccc(CCNCCC(=O)N2CCCSc3ccccc32)cc1. The number of amides is 1. The minimum Gasteiger partial charge on any atom is -0.399 e. The average Bonchev–Trinajstić information content (AvgIpc) is 2.85. The molecule has 2 aromatic carbocycles. The molecule has 0 saturated heterocycles. The second-order valence-electron chi connectivity index (χ2n) is 6.21. The van der Waals surface area contributed by atoms with Crippen LogP contribution in [0.15, 0.2) is 53.4 Å². The maximum Gasteiger partial charge on any atom is 0.228 e. The zero-order valence-corrected chi connectivity index (χ0v) is 15.2. The summed E-state index contributed by atoms with van der Waals surface area (Å²) in [6, 6.07) is 16.2. The molecule has 5 heteroatoms. The number of nitrogen functional groups attached to an aromatic ring is 1. The van der Waals surface area contributed by atoms with Crippen molar-refractivity contribution >= 4 is 29.0 Å². The Kier molecular flexibility index (Phi) is 6.36. The van der Waals surface area contributed by atoms with E-state index in [9.17, 15) is 4.79 Å². The maximum atomic E-state index is 12.6. The van der Waals surface area contributed by atoms with E-state index in [1.807, 2.05) is 53.1 Å². The first-order chi connectivity index (χ1) is 12.2. The smallest absolute Gasteiger partial charge is 0.228 e. The monoisotopic (exact) mass is 355 g/mol. The number of nitrogens with two attached hydrogens (primary N) is 1. The van der Waals surface area contributed by atoms with E-state index in [0.717, 1.165) is 43.1 Å². The second kappa shape index (κ2) is 8.92. The van der Waals surface area contributed by atoms with Crippen molar-refractivity contribution in [2.24, 2.45) is 0 Å². The fraction of sp³-hybridized carbons (Fsp3) is 0.350. The van der Waals surface area contributed by atoms with Gasteiger partial charge in [0.25, 0.3) is 0 Å². The van der Waals surface area contributed by atoms with Crippen LogP contribution in [0.2, 0.25) is 0 Å². The molecule has 3 rings (SSSR count). The highest BCUT2D eigenvalue weighted by Gasteiger charge is 2.20. The third-order valence-electron chi connectivity index (χ3n) is 4.33.